The van der Waals surface area contributed by atoms with Crippen molar-refractivity contribution >= 4 is 45.2 Å². The summed E-state index contributed by atoms with van der Waals surface area (Å²) in [5, 5.41) is 5.46. The second-order valence-corrected chi connectivity index (χ2v) is 8.01. The Labute approximate surface area is 169 Å². The SMILES string of the molecule is CCn1c2ccccc2c2cc(NC(=O)CSCc3ccc(C)cc3)ccc21. The van der Waals surface area contributed by atoms with E-state index in [1.165, 1.54) is 32.9 Å². The molecule has 4 aromatic rings. The van der Waals surface area contributed by atoms with Crippen LogP contribution in [0, 0.1) is 6.92 Å². The molecule has 0 aliphatic carbocycles. The molecule has 3 nitrogen and oxygen atoms in total. The van der Waals surface area contributed by atoms with Crippen LogP contribution in [-0.4, -0.2) is 16.2 Å². The summed E-state index contributed by atoms with van der Waals surface area (Å²) in [7, 11) is 0. The van der Waals surface area contributed by atoms with E-state index in [9.17, 15) is 4.79 Å². The van der Waals surface area contributed by atoms with Crippen molar-refractivity contribution < 1.29 is 4.79 Å². The minimum absolute atomic E-state index is 0.0377. The molecule has 0 aliphatic heterocycles. The summed E-state index contributed by atoms with van der Waals surface area (Å²) >= 11 is 1.64. The largest absolute Gasteiger partial charge is 0.341 e. The number of hydrogen-bond donors (Lipinski definition) is 1. The highest BCUT2D eigenvalue weighted by molar-refractivity contribution is 7.99. The number of aryl methyl sites for hydroxylation is 2. The molecule has 4 heteroatoms. The van der Waals surface area contributed by atoms with Gasteiger partial charge in [-0.25, -0.2) is 0 Å². The summed E-state index contributed by atoms with van der Waals surface area (Å²) in [6, 6.07) is 23.1. The fraction of sp³-hybridized carbons (Fsp3) is 0.208. The third-order valence-electron chi connectivity index (χ3n) is 4.99. The molecular formula is C24H24N2OS. The summed E-state index contributed by atoms with van der Waals surface area (Å²) < 4.78 is 2.31. The number of rotatable bonds is 6. The monoisotopic (exact) mass is 388 g/mol. The molecule has 0 fully saturated rings. The van der Waals surface area contributed by atoms with E-state index in [-0.39, 0.29) is 5.91 Å². The maximum Gasteiger partial charge on any atom is 0.234 e. The Morgan fingerprint density at radius 1 is 0.964 bits per heavy atom. The first-order valence-corrected chi connectivity index (χ1v) is 10.8. The van der Waals surface area contributed by atoms with Crippen LogP contribution in [0.15, 0.2) is 66.7 Å². The second kappa shape index (κ2) is 8.11. The lowest BCUT2D eigenvalue weighted by atomic mass is 10.1. The van der Waals surface area contributed by atoms with Crippen LogP contribution in [-0.2, 0) is 17.1 Å². The van der Waals surface area contributed by atoms with Crippen LogP contribution in [0.3, 0.4) is 0 Å². The molecule has 1 aromatic heterocycles. The van der Waals surface area contributed by atoms with E-state index in [2.05, 4.69) is 84.4 Å². The Hall–Kier alpha value is -2.72. The van der Waals surface area contributed by atoms with Gasteiger partial charge in [0.2, 0.25) is 5.91 Å². The first-order valence-electron chi connectivity index (χ1n) is 9.60. The maximum absolute atomic E-state index is 12.4. The van der Waals surface area contributed by atoms with Gasteiger partial charge in [0, 0.05) is 39.8 Å². The van der Waals surface area contributed by atoms with Crippen molar-refractivity contribution in [1.29, 1.82) is 0 Å². The Kier molecular flexibility index (Phi) is 5.40. The van der Waals surface area contributed by atoms with Crippen molar-refractivity contribution in [2.24, 2.45) is 0 Å². The highest BCUT2D eigenvalue weighted by Gasteiger charge is 2.11. The minimum atomic E-state index is 0.0377. The van der Waals surface area contributed by atoms with Gasteiger partial charge in [-0.15, -0.1) is 11.8 Å². The molecule has 0 unspecified atom stereocenters. The van der Waals surface area contributed by atoms with Gasteiger partial charge in [0.1, 0.15) is 0 Å². The van der Waals surface area contributed by atoms with Crippen LogP contribution in [0.4, 0.5) is 5.69 Å². The summed E-state index contributed by atoms with van der Waals surface area (Å²) in [4.78, 5) is 12.4. The Bertz CT molecular complexity index is 1130. The molecule has 3 aromatic carbocycles. The van der Waals surface area contributed by atoms with Crippen LogP contribution < -0.4 is 5.32 Å². The Morgan fingerprint density at radius 2 is 1.71 bits per heavy atom. The number of anilines is 1. The molecule has 1 heterocycles. The minimum Gasteiger partial charge on any atom is -0.341 e. The van der Waals surface area contributed by atoms with Gasteiger partial charge in [-0.05, 0) is 43.7 Å². The lowest BCUT2D eigenvalue weighted by Crippen LogP contribution is -2.14. The summed E-state index contributed by atoms with van der Waals surface area (Å²) in [5.41, 5.74) is 5.79. The lowest BCUT2D eigenvalue weighted by Gasteiger charge is -2.07. The number of amides is 1. The van der Waals surface area contributed by atoms with Crippen LogP contribution in [0.5, 0.6) is 0 Å². The lowest BCUT2D eigenvalue weighted by molar-refractivity contribution is -0.113. The van der Waals surface area contributed by atoms with E-state index in [1.807, 2.05) is 6.07 Å². The highest BCUT2D eigenvalue weighted by Crippen LogP contribution is 2.31. The number of hydrogen-bond acceptors (Lipinski definition) is 2. The topological polar surface area (TPSA) is 34.0 Å². The molecule has 142 valence electrons. The van der Waals surface area contributed by atoms with Crippen LogP contribution in [0.25, 0.3) is 21.8 Å². The summed E-state index contributed by atoms with van der Waals surface area (Å²) in [6.07, 6.45) is 0. The standard InChI is InChI=1S/C24H24N2OS/c1-3-26-22-7-5-4-6-20(22)21-14-19(12-13-23(21)26)25-24(27)16-28-15-18-10-8-17(2)9-11-18/h4-14H,3,15-16H2,1-2H3,(H,25,27). The number of thioether (sulfide) groups is 1. The highest BCUT2D eigenvalue weighted by atomic mass is 32.2. The Morgan fingerprint density at radius 3 is 2.50 bits per heavy atom. The molecule has 0 bridgehead atoms. The van der Waals surface area contributed by atoms with Crippen LogP contribution >= 0.6 is 11.8 Å². The van der Waals surface area contributed by atoms with E-state index in [1.54, 1.807) is 11.8 Å². The van der Waals surface area contributed by atoms with Crippen molar-refractivity contribution in [3.05, 3.63) is 77.9 Å². The first-order chi connectivity index (χ1) is 13.7. The van der Waals surface area contributed by atoms with Gasteiger partial charge in [0.05, 0.1) is 5.75 Å². The first kappa shape index (κ1) is 18.6. The van der Waals surface area contributed by atoms with E-state index in [4.69, 9.17) is 0 Å². The second-order valence-electron chi connectivity index (χ2n) is 7.02. The predicted octanol–water partition coefficient (Wildman–Crippen LogP) is 5.99. The number of carbonyl (C=O) groups is 1. The zero-order chi connectivity index (χ0) is 19.5. The van der Waals surface area contributed by atoms with Gasteiger partial charge in [0.15, 0.2) is 0 Å². The molecular weight excluding hydrogens is 364 g/mol. The van der Waals surface area contributed by atoms with Gasteiger partial charge in [-0.2, -0.15) is 0 Å². The fourth-order valence-electron chi connectivity index (χ4n) is 3.62. The van der Waals surface area contributed by atoms with Crippen molar-refractivity contribution in [2.75, 3.05) is 11.1 Å². The number of carbonyl (C=O) groups excluding carboxylic acids is 1. The van der Waals surface area contributed by atoms with Crippen LogP contribution in [0.1, 0.15) is 18.1 Å². The average molecular weight is 389 g/mol. The molecule has 1 amide bonds. The van der Waals surface area contributed by atoms with Gasteiger partial charge in [0.25, 0.3) is 0 Å². The van der Waals surface area contributed by atoms with Gasteiger partial charge >= 0.3 is 0 Å². The zero-order valence-electron chi connectivity index (χ0n) is 16.2. The molecule has 0 atom stereocenters. The molecule has 28 heavy (non-hydrogen) atoms. The number of aromatic nitrogens is 1. The van der Waals surface area contributed by atoms with Gasteiger partial charge < -0.3 is 9.88 Å². The van der Waals surface area contributed by atoms with Gasteiger partial charge in [-0.3, -0.25) is 4.79 Å². The average Bonchev–Trinajstić information content (AvgIpc) is 3.02. The predicted molar refractivity (Wildman–Crippen MR) is 121 cm³/mol. The smallest absolute Gasteiger partial charge is 0.234 e. The summed E-state index contributed by atoms with van der Waals surface area (Å²) in [5.74, 6) is 1.33. The van der Waals surface area contributed by atoms with Gasteiger partial charge in [-0.1, -0.05) is 48.0 Å². The number of nitrogens with one attached hydrogen (secondary N) is 1. The number of benzene rings is 3. The quantitative estimate of drug-likeness (QED) is 0.440. The van der Waals surface area contributed by atoms with E-state index in [0.717, 1.165) is 18.0 Å². The zero-order valence-corrected chi connectivity index (χ0v) is 17.1. The molecule has 0 saturated heterocycles. The van der Waals surface area contributed by atoms with Crippen molar-refractivity contribution in [3.8, 4) is 0 Å². The summed E-state index contributed by atoms with van der Waals surface area (Å²) in [6.45, 7) is 5.16. The third-order valence-corrected chi connectivity index (χ3v) is 6.00. The van der Waals surface area contributed by atoms with Crippen molar-refractivity contribution in [1.82, 2.24) is 4.57 Å². The normalized spacial score (nSPS) is 11.2. The van der Waals surface area contributed by atoms with Crippen molar-refractivity contribution in [3.63, 3.8) is 0 Å². The number of para-hydroxylation sites is 1. The van der Waals surface area contributed by atoms with E-state index < -0.39 is 0 Å². The van der Waals surface area contributed by atoms with E-state index in [0.29, 0.717) is 5.75 Å². The molecule has 0 saturated carbocycles. The maximum atomic E-state index is 12.4. The molecule has 0 radical (unpaired) electrons. The fourth-order valence-corrected chi connectivity index (χ4v) is 4.40. The molecule has 0 aliphatic rings. The third kappa shape index (κ3) is 3.78. The van der Waals surface area contributed by atoms with Crippen LogP contribution in [0.2, 0.25) is 0 Å². The molecule has 1 N–H and O–H groups in total. The molecule has 0 spiro atoms. The number of fused-ring (bicyclic) bond motifs is 3. The van der Waals surface area contributed by atoms with E-state index >= 15 is 0 Å². The van der Waals surface area contributed by atoms with Crippen molar-refractivity contribution in [2.45, 2.75) is 26.1 Å². The Balaban J connectivity index is 1.46. The molecule has 4 rings (SSSR count). The number of nitrogens with zero attached hydrogens (tertiary/aromatic N) is 1.